The molecule has 1 aromatic heterocycles. The van der Waals surface area contributed by atoms with Gasteiger partial charge in [-0.1, -0.05) is 19.1 Å². The van der Waals surface area contributed by atoms with Crippen LogP contribution < -0.4 is 5.73 Å². The largest absolute Gasteiger partial charge is 0.507 e. The summed E-state index contributed by atoms with van der Waals surface area (Å²) in [7, 11) is 0. The van der Waals surface area contributed by atoms with Gasteiger partial charge in [-0.2, -0.15) is 0 Å². The van der Waals surface area contributed by atoms with Crippen LogP contribution in [-0.2, 0) is 13.0 Å². The van der Waals surface area contributed by atoms with Crippen LogP contribution in [0, 0.1) is 0 Å². The monoisotopic (exact) mass is 218 g/mol. The second-order valence-electron chi connectivity index (χ2n) is 3.45. The maximum Gasteiger partial charge on any atom is 0.208 e. The van der Waals surface area contributed by atoms with Crippen molar-refractivity contribution >= 4 is 0 Å². The molecular weight excluding hydrogens is 204 g/mol. The number of rotatable bonds is 3. The first-order chi connectivity index (χ1) is 7.76. The SMILES string of the molecule is CCc1oc(CN)nc1-c1ccccc1O. The van der Waals surface area contributed by atoms with Gasteiger partial charge < -0.3 is 15.3 Å². The summed E-state index contributed by atoms with van der Waals surface area (Å²) in [4.78, 5) is 4.28. The molecule has 16 heavy (non-hydrogen) atoms. The maximum atomic E-state index is 9.75. The fourth-order valence-corrected chi connectivity index (χ4v) is 1.61. The molecule has 4 heteroatoms. The molecule has 0 aliphatic carbocycles. The molecule has 2 aromatic rings. The summed E-state index contributed by atoms with van der Waals surface area (Å²) in [6.07, 6.45) is 0.719. The maximum absolute atomic E-state index is 9.75. The number of oxazole rings is 1. The Bertz CT molecular complexity index is 492. The van der Waals surface area contributed by atoms with Crippen LogP contribution in [0.2, 0.25) is 0 Å². The lowest BCUT2D eigenvalue weighted by molar-refractivity contribution is 0.460. The molecule has 3 N–H and O–H groups in total. The molecule has 0 atom stereocenters. The van der Waals surface area contributed by atoms with Gasteiger partial charge >= 0.3 is 0 Å². The third kappa shape index (κ3) is 1.79. The lowest BCUT2D eigenvalue weighted by Crippen LogP contribution is -1.95. The third-order valence-electron chi connectivity index (χ3n) is 2.40. The average molecular weight is 218 g/mol. The number of para-hydroxylation sites is 1. The highest BCUT2D eigenvalue weighted by Crippen LogP contribution is 2.31. The predicted molar refractivity (Wildman–Crippen MR) is 60.9 cm³/mol. The minimum atomic E-state index is 0.203. The number of phenolic OH excluding ortho intramolecular Hbond substituents is 1. The van der Waals surface area contributed by atoms with E-state index in [4.69, 9.17) is 10.2 Å². The van der Waals surface area contributed by atoms with Crippen LogP contribution in [0.25, 0.3) is 11.3 Å². The van der Waals surface area contributed by atoms with Gasteiger partial charge in [-0.15, -0.1) is 0 Å². The van der Waals surface area contributed by atoms with Crippen LogP contribution >= 0.6 is 0 Å². The molecule has 0 radical (unpaired) electrons. The average Bonchev–Trinajstić information content (AvgIpc) is 2.72. The van der Waals surface area contributed by atoms with Crippen molar-refractivity contribution in [2.45, 2.75) is 19.9 Å². The number of hydrogen-bond donors (Lipinski definition) is 2. The van der Waals surface area contributed by atoms with Gasteiger partial charge in [0.05, 0.1) is 6.54 Å². The van der Waals surface area contributed by atoms with Gasteiger partial charge in [0.1, 0.15) is 17.2 Å². The summed E-state index contributed by atoms with van der Waals surface area (Å²) in [5, 5.41) is 9.75. The number of aromatic nitrogens is 1. The van der Waals surface area contributed by atoms with Gasteiger partial charge in [-0.05, 0) is 12.1 Å². The second kappa shape index (κ2) is 4.37. The van der Waals surface area contributed by atoms with Gasteiger partial charge in [0.15, 0.2) is 0 Å². The molecule has 1 aromatic carbocycles. The Kier molecular flexibility index (Phi) is 2.92. The Morgan fingerprint density at radius 3 is 2.75 bits per heavy atom. The molecule has 0 unspecified atom stereocenters. The smallest absolute Gasteiger partial charge is 0.208 e. The van der Waals surface area contributed by atoms with Crippen LogP contribution in [0.3, 0.4) is 0 Å². The summed E-state index contributed by atoms with van der Waals surface area (Å²) < 4.78 is 5.48. The van der Waals surface area contributed by atoms with E-state index in [1.54, 1.807) is 12.1 Å². The highest BCUT2D eigenvalue weighted by Gasteiger charge is 2.15. The van der Waals surface area contributed by atoms with E-state index in [1.165, 1.54) is 0 Å². The van der Waals surface area contributed by atoms with Gasteiger partial charge in [0.25, 0.3) is 0 Å². The molecule has 0 amide bonds. The third-order valence-corrected chi connectivity index (χ3v) is 2.40. The van der Waals surface area contributed by atoms with Crippen molar-refractivity contribution in [1.29, 1.82) is 0 Å². The van der Waals surface area contributed by atoms with Crippen LogP contribution in [0.15, 0.2) is 28.7 Å². The van der Waals surface area contributed by atoms with Gasteiger partial charge in [-0.3, -0.25) is 0 Å². The molecular formula is C12H14N2O2. The summed E-state index contributed by atoms with van der Waals surface area (Å²) in [5.74, 6) is 1.45. The van der Waals surface area contributed by atoms with Crippen LogP contribution in [0.5, 0.6) is 5.75 Å². The molecule has 84 valence electrons. The first kappa shape index (κ1) is 10.7. The molecule has 0 saturated carbocycles. The van der Waals surface area contributed by atoms with Crippen molar-refractivity contribution in [3.8, 4) is 17.0 Å². The van der Waals surface area contributed by atoms with E-state index in [0.717, 1.165) is 12.2 Å². The minimum absolute atomic E-state index is 0.203. The first-order valence-electron chi connectivity index (χ1n) is 5.23. The number of hydrogen-bond acceptors (Lipinski definition) is 4. The first-order valence-corrected chi connectivity index (χ1v) is 5.23. The normalized spacial score (nSPS) is 10.6. The van der Waals surface area contributed by atoms with Gasteiger partial charge in [0.2, 0.25) is 5.89 Å². The van der Waals surface area contributed by atoms with Gasteiger partial charge in [-0.25, -0.2) is 4.98 Å². The highest BCUT2D eigenvalue weighted by molar-refractivity contribution is 5.68. The van der Waals surface area contributed by atoms with Crippen LogP contribution in [-0.4, -0.2) is 10.1 Å². The van der Waals surface area contributed by atoms with Crippen molar-refractivity contribution in [3.63, 3.8) is 0 Å². The Morgan fingerprint density at radius 1 is 1.38 bits per heavy atom. The van der Waals surface area contributed by atoms with E-state index < -0.39 is 0 Å². The molecule has 0 aliphatic rings. The molecule has 4 nitrogen and oxygen atoms in total. The minimum Gasteiger partial charge on any atom is -0.507 e. The Hall–Kier alpha value is -1.81. The molecule has 2 rings (SSSR count). The second-order valence-corrected chi connectivity index (χ2v) is 3.45. The van der Waals surface area contributed by atoms with E-state index in [0.29, 0.717) is 17.1 Å². The predicted octanol–water partition coefficient (Wildman–Crippen LogP) is 2.07. The number of nitrogens with two attached hydrogens (primary N) is 1. The van der Waals surface area contributed by atoms with E-state index in [-0.39, 0.29) is 12.3 Å². The highest BCUT2D eigenvalue weighted by atomic mass is 16.4. The number of nitrogens with zero attached hydrogens (tertiary/aromatic N) is 1. The summed E-state index contributed by atoms with van der Waals surface area (Å²) in [5.41, 5.74) is 6.85. The molecule has 0 aliphatic heterocycles. The molecule has 0 saturated heterocycles. The Morgan fingerprint density at radius 2 is 2.12 bits per heavy atom. The van der Waals surface area contributed by atoms with E-state index in [9.17, 15) is 5.11 Å². The van der Waals surface area contributed by atoms with Crippen molar-refractivity contribution in [2.24, 2.45) is 5.73 Å². The summed E-state index contributed by atoms with van der Waals surface area (Å²) >= 11 is 0. The van der Waals surface area contributed by atoms with E-state index in [1.807, 2.05) is 19.1 Å². The van der Waals surface area contributed by atoms with Crippen LogP contribution in [0.1, 0.15) is 18.6 Å². The quantitative estimate of drug-likeness (QED) is 0.827. The zero-order valence-corrected chi connectivity index (χ0v) is 9.10. The lowest BCUT2D eigenvalue weighted by atomic mass is 10.1. The van der Waals surface area contributed by atoms with E-state index in [2.05, 4.69) is 4.98 Å². The van der Waals surface area contributed by atoms with Crippen LogP contribution in [0.4, 0.5) is 0 Å². The standard InChI is InChI=1S/C12H14N2O2/c1-2-10-12(14-11(7-13)16-10)8-5-3-4-6-9(8)15/h3-6,15H,2,7,13H2,1H3. The fraction of sp³-hybridized carbons (Fsp3) is 0.250. The van der Waals surface area contributed by atoms with Crippen molar-refractivity contribution in [3.05, 3.63) is 35.9 Å². The molecule has 0 bridgehead atoms. The fourth-order valence-electron chi connectivity index (χ4n) is 1.61. The Balaban J connectivity index is 2.54. The molecule has 0 fully saturated rings. The number of benzene rings is 1. The summed E-state index contributed by atoms with van der Waals surface area (Å²) in [6, 6.07) is 7.07. The van der Waals surface area contributed by atoms with Crippen molar-refractivity contribution in [2.75, 3.05) is 0 Å². The zero-order chi connectivity index (χ0) is 11.5. The Labute approximate surface area is 93.7 Å². The topological polar surface area (TPSA) is 72.3 Å². The molecule has 0 spiro atoms. The number of phenols is 1. The molecule has 1 heterocycles. The number of aryl methyl sites for hydroxylation is 1. The van der Waals surface area contributed by atoms with Crippen molar-refractivity contribution in [1.82, 2.24) is 4.98 Å². The zero-order valence-electron chi connectivity index (χ0n) is 9.10. The summed E-state index contributed by atoms with van der Waals surface area (Å²) in [6.45, 7) is 2.24. The lowest BCUT2D eigenvalue weighted by Gasteiger charge is -2.01. The van der Waals surface area contributed by atoms with Gasteiger partial charge in [0, 0.05) is 12.0 Å². The van der Waals surface area contributed by atoms with Crippen molar-refractivity contribution < 1.29 is 9.52 Å². The van der Waals surface area contributed by atoms with E-state index >= 15 is 0 Å². The number of aromatic hydroxyl groups is 1.